The first kappa shape index (κ1) is 15.3. The van der Waals surface area contributed by atoms with Crippen molar-refractivity contribution >= 4 is 22.9 Å². The number of rotatable bonds is 7. The number of nitrogens with one attached hydrogen (secondary N) is 1. The zero-order valence-electron chi connectivity index (χ0n) is 11.8. The lowest BCUT2D eigenvalue weighted by Gasteiger charge is -2.12. The van der Waals surface area contributed by atoms with Gasteiger partial charge in [0.25, 0.3) is 0 Å². The van der Waals surface area contributed by atoms with Crippen molar-refractivity contribution in [1.29, 1.82) is 0 Å². The third-order valence-corrected chi connectivity index (χ3v) is 4.25. The van der Waals surface area contributed by atoms with Gasteiger partial charge >= 0.3 is 0 Å². The summed E-state index contributed by atoms with van der Waals surface area (Å²) < 4.78 is 5.90. The summed E-state index contributed by atoms with van der Waals surface area (Å²) in [6.45, 7) is 6.46. The van der Waals surface area contributed by atoms with Crippen LogP contribution < -0.4 is 10.1 Å². The molecule has 2 rings (SSSR count). The maximum absolute atomic E-state index is 6.04. The van der Waals surface area contributed by atoms with Crippen LogP contribution in [0.3, 0.4) is 0 Å². The van der Waals surface area contributed by atoms with Gasteiger partial charge in [-0.1, -0.05) is 18.5 Å². The molecule has 0 aliphatic rings. The Kier molecular flexibility index (Phi) is 5.83. The summed E-state index contributed by atoms with van der Waals surface area (Å²) in [7, 11) is 0. The van der Waals surface area contributed by atoms with Gasteiger partial charge in [-0.15, -0.1) is 11.3 Å². The summed E-state index contributed by atoms with van der Waals surface area (Å²) in [5.41, 5.74) is 4.08. The first-order valence-electron chi connectivity index (χ1n) is 6.71. The Bertz CT molecular complexity index is 557. The van der Waals surface area contributed by atoms with Gasteiger partial charge < -0.3 is 10.1 Å². The molecule has 0 bridgehead atoms. The van der Waals surface area contributed by atoms with E-state index in [4.69, 9.17) is 16.3 Å². The molecule has 1 aromatic carbocycles. The number of aryl methyl sites for hydroxylation is 1. The molecule has 2 aromatic rings. The van der Waals surface area contributed by atoms with Gasteiger partial charge in [-0.25, -0.2) is 4.98 Å². The summed E-state index contributed by atoms with van der Waals surface area (Å²) in [6.07, 6.45) is 0.889. The van der Waals surface area contributed by atoms with E-state index in [1.807, 2.05) is 30.6 Å². The lowest BCUT2D eigenvalue weighted by Crippen LogP contribution is -2.13. The molecule has 3 nitrogen and oxygen atoms in total. The molecule has 1 aromatic heterocycles. The predicted octanol–water partition coefficient (Wildman–Crippen LogP) is 3.84. The van der Waals surface area contributed by atoms with Gasteiger partial charge in [-0.05, 0) is 31.7 Å². The van der Waals surface area contributed by atoms with E-state index in [2.05, 4.69) is 17.2 Å². The van der Waals surface area contributed by atoms with Crippen LogP contribution in [0.25, 0.3) is 0 Å². The number of benzene rings is 1. The minimum Gasteiger partial charge on any atom is -0.493 e. The van der Waals surface area contributed by atoms with Crippen molar-refractivity contribution in [3.63, 3.8) is 0 Å². The highest BCUT2D eigenvalue weighted by molar-refractivity contribution is 7.09. The van der Waals surface area contributed by atoms with E-state index in [9.17, 15) is 0 Å². The summed E-state index contributed by atoms with van der Waals surface area (Å²) in [5.74, 6) is 0.900. The van der Waals surface area contributed by atoms with Gasteiger partial charge in [-0.3, -0.25) is 0 Å². The Morgan fingerprint density at radius 1 is 1.40 bits per heavy atom. The second kappa shape index (κ2) is 7.62. The highest BCUT2D eigenvalue weighted by Gasteiger charge is 2.06. The van der Waals surface area contributed by atoms with E-state index >= 15 is 0 Å². The molecule has 0 amide bonds. The molecule has 108 valence electrons. The molecule has 0 spiro atoms. The van der Waals surface area contributed by atoms with E-state index in [0.717, 1.165) is 41.5 Å². The maximum Gasteiger partial charge on any atom is 0.123 e. The molecule has 1 N–H and O–H groups in total. The summed E-state index contributed by atoms with van der Waals surface area (Å²) in [6, 6.07) is 5.76. The molecule has 0 aliphatic heterocycles. The van der Waals surface area contributed by atoms with E-state index in [0.29, 0.717) is 6.61 Å². The fourth-order valence-corrected chi connectivity index (χ4v) is 2.86. The number of hydrogen-bond acceptors (Lipinski definition) is 4. The van der Waals surface area contributed by atoms with Crippen LogP contribution >= 0.6 is 22.9 Å². The third-order valence-electron chi connectivity index (χ3n) is 3.02. The first-order chi connectivity index (χ1) is 9.70. The molecule has 0 radical (unpaired) electrons. The highest BCUT2D eigenvalue weighted by atomic mass is 35.5. The van der Waals surface area contributed by atoms with Crippen molar-refractivity contribution in [3.05, 3.63) is 44.9 Å². The standard InChI is InChI=1S/C15H19ClN2OS/c1-3-17-9-12-8-13(16)4-5-14(12)19-7-6-15-11(2)18-10-20-15/h4-5,8,10,17H,3,6-7,9H2,1-2H3. The van der Waals surface area contributed by atoms with E-state index in [1.54, 1.807) is 11.3 Å². The molecule has 0 saturated heterocycles. The number of nitrogens with zero attached hydrogens (tertiary/aromatic N) is 1. The molecule has 0 aliphatic carbocycles. The van der Waals surface area contributed by atoms with Gasteiger partial charge in [0.2, 0.25) is 0 Å². The van der Waals surface area contributed by atoms with Crippen LogP contribution in [0.4, 0.5) is 0 Å². The zero-order chi connectivity index (χ0) is 14.4. The minimum absolute atomic E-state index is 0.657. The minimum atomic E-state index is 0.657. The second-order valence-electron chi connectivity index (χ2n) is 4.49. The summed E-state index contributed by atoms with van der Waals surface area (Å²) in [5, 5.41) is 4.04. The molecule has 0 unspecified atom stereocenters. The Morgan fingerprint density at radius 3 is 2.95 bits per heavy atom. The normalized spacial score (nSPS) is 10.8. The molecule has 1 heterocycles. The van der Waals surface area contributed by atoms with Crippen LogP contribution in [0.15, 0.2) is 23.7 Å². The molecular weight excluding hydrogens is 292 g/mol. The molecule has 0 fully saturated rings. The Balaban J connectivity index is 1.96. The molecular formula is C15H19ClN2OS. The van der Waals surface area contributed by atoms with Crippen LogP contribution in [0, 0.1) is 6.92 Å². The van der Waals surface area contributed by atoms with Gasteiger partial charge in [0.1, 0.15) is 5.75 Å². The summed E-state index contributed by atoms with van der Waals surface area (Å²) >= 11 is 7.72. The van der Waals surface area contributed by atoms with Crippen LogP contribution in [-0.2, 0) is 13.0 Å². The van der Waals surface area contributed by atoms with Crippen molar-refractivity contribution in [2.24, 2.45) is 0 Å². The number of hydrogen-bond donors (Lipinski definition) is 1. The molecule has 0 atom stereocenters. The van der Waals surface area contributed by atoms with E-state index < -0.39 is 0 Å². The average molecular weight is 311 g/mol. The number of thiazole rings is 1. The highest BCUT2D eigenvalue weighted by Crippen LogP contribution is 2.23. The van der Waals surface area contributed by atoms with E-state index in [1.165, 1.54) is 4.88 Å². The molecule has 0 saturated carbocycles. The average Bonchev–Trinajstić information content (AvgIpc) is 2.84. The molecule has 20 heavy (non-hydrogen) atoms. The quantitative estimate of drug-likeness (QED) is 0.844. The van der Waals surface area contributed by atoms with Crippen molar-refractivity contribution in [2.75, 3.05) is 13.2 Å². The van der Waals surface area contributed by atoms with Crippen molar-refractivity contribution in [1.82, 2.24) is 10.3 Å². The van der Waals surface area contributed by atoms with Crippen molar-refractivity contribution in [3.8, 4) is 5.75 Å². The van der Waals surface area contributed by atoms with Gasteiger partial charge in [-0.2, -0.15) is 0 Å². The largest absolute Gasteiger partial charge is 0.493 e. The topological polar surface area (TPSA) is 34.1 Å². The molecule has 5 heteroatoms. The van der Waals surface area contributed by atoms with Gasteiger partial charge in [0.05, 0.1) is 17.8 Å². The lowest BCUT2D eigenvalue weighted by atomic mass is 10.2. The fraction of sp³-hybridized carbons (Fsp3) is 0.400. The van der Waals surface area contributed by atoms with Crippen molar-refractivity contribution < 1.29 is 4.74 Å². The predicted molar refractivity (Wildman–Crippen MR) is 84.9 cm³/mol. The second-order valence-corrected chi connectivity index (χ2v) is 5.87. The van der Waals surface area contributed by atoms with Crippen LogP contribution in [0.2, 0.25) is 5.02 Å². The van der Waals surface area contributed by atoms with E-state index in [-0.39, 0.29) is 0 Å². The van der Waals surface area contributed by atoms with Crippen LogP contribution in [0.5, 0.6) is 5.75 Å². The Hall–Kier alpha value is -1.10. The van der Waals surface area contributed by atoms with Crippen molar-refractivity contribution in [2.45, 2.75) is 26.8 Å². The third kappa shape index (κ3) is 4.20. The summed E-state index contributed by atoms with van der Waals surface area (Å²) in [4.78, 5) is 5.53. The Morgan fingerprint density at radius 2 is 2.25 bits per heavy atom. The van der Waals surface area contributed by atoms with Crippen LogP contribution in [0.1, 0.15) is 23.1 Å². The Labute approximate surface area is 129 Å². The number of ether oxygens (including phenoxy) is 1. The lowest BCUT2D eigenvalue weighted by molar-refractivity contribution is 0.318. The zero-order valence-corrected chi connectivity index (χ0v) is 13.4. The monoisotopic (exact) mass is 310 g/mol. The smallest absolute Gasteiger partial charge is 0.123 e. The number of halogens is 1. The van der Waals surface area contributed by atoms with Gasteiger partial charge in [0, 0.05) is 28.4 Å². The first-order valence-corrected chi connectivity index (χ1v) is 7.97. The fourth-order valence-electron chi connectivity index (χ4n) is 1.91. The van der Waals surface area contributed by atoms with Gasteiger partial charge in [0.15, 0.2) is 0 Å². The SMILES string of the molecule is CCNCc1cc(Cl)ccc1OCCc1scnc1C. The van der Waals surface area contributed by atoms with Crippen LogP contribution in [-0.4, -0.2) is 18.1 Å². The number of aromatic nitrogens is 1. The maximum atomic E-state index is 6.04.